The molecule has 1 atom stereocenters. The Labute approximate surface area is 69.2 Å². The predicted octanol–water partition coefficient (Wildman–Crippen LogP) is 2.08. The van der Waals surface area contributed by atoms with Crippen LogP contribution in [0.4, 0.5) is 0 Å². The molecule has 1 rings (SSSR count). The van der Waals surface area contributed by atoms with Crippen LogP contribution < -0.4 is 0 Å². The first-order valence-corrected chi connectivity index (χ1v) is 5.33. The van der Waals surface area contributed by atoms with Gasteiger partial charge >= 0.3 is 0 Å². The molecule has 0 aliphatic carbocycles. The normalized spacial score (nSPS) is 25.8. The summed E-state index contributed by atoms with van der Waals surface area (Å²) in [5, 5.41) is 0.917. The fraction of sp³-hybridized carbons (Fsp3) is 1.00. The van der Waals surface area contributed by atoms with Crippen LogP contribution in [-0.2, 0) is 0 Å². The van der Waals surface area contributed by atoms with Crippen LogP contribution >= 0.6 is 11.8 Å². The van der Waals surface area contributed by atoms with E-state index in [0.717, 1.165) is 5.25 Å². The van der Waals surface area contributed by atoms with E-state index >= 15 is 0 Å². The fourth-order valence-corrected chi connectivity index (χ4v) is 1.83. The average molecular weight is 161 g/mol. The molecule has 1 aliphatic heterocycles. The zero-order valence-electron chi connectivity index (χ0n) is 7.55. The number of likely N-dealkylation sites (tertiary alicyclic amines) is 1. The van der Waals surface area contributed by atoms with Crippen LogP contribution in [-0.4, -0.2) is 36.5 Å². The van der Waals surface area contributed by atoms with E-state index in [-0.39, 0.29) is 0 Å². The minimum Gasteiger partial charge on any atom is -0.305 e. The number of thioether (sulfide) groups is 1. The second-order valence-electron chi connectivity index (χ2n) is 2.41. The lowest BCUT2D eigenvalue weighted by Crippen LogP contribution is -2.14. The van der Waals surface area contributed by atoms with Gasteiger partial charge in [0, 0.05) is 11.8 Å². The van der Waals surface area contributed by atoms with E-state index in [1.165, 1.54) is 19.5 Å². The average Bonchev–Trinajstić information content (AvgIpc) is 2.40. The molecule has 0 amide bonds. The Bertz CT molecular complexity index is 75.7. The highest BCUT2D eigenvalue weighted by atomic mass is 32.2. The van der Waals surface area contributed by atoms with Gasteiger partial charge in [0.1, 0.15) is 0 Å². The molecule has 0 spiro atoms. The molecule has 0 bridgehead atoms. The van der Waals surface area contributed by atoms with Crippen molar-refractivity contribution in [1.82, 2.24) is 4.90 Å². The Kier molecular flexibility index (Phi) is 6.24. The molecule has 1 heterocycles. The summed E-state index contributed by atoms with van der Waals surface area (Å²) in [7, 11) is 2.19. The first kappa shape index (κ1) is 10.3. The summed E-state index contributed by atoms with van der Waals surface area (Å²) in [6.45, 7) is 6.59. The smallest absolute Gasteiger partial charge is 0.0184 e. The molecular weight excluding hydrogens is 142 g/mol. The van der Waals surface area contributed by atoms with Crippen molar-refractivity contribution in [3.8, 4) is 0 Å². The van der Waals surface area contributed by atoms with E-state index in [9.17, 15) is 0 Å². The highest BCUT2D eigenvalue weighted by molar-refractivity contribution is 7.99. The lowest BCUT2D eigenvalue weighted by molar-refractivity contribution is 0.419. The van der Waals surface area contributed by atoms with E-state index in [2.05, 4.69) is 18.2 Å². The third-order valence-electron chi connectivity index (χ3n) is 1.68. The SMILES string of the molecule is CC.CSC1CCN(C)C1. The summed E-state index contributed by atoms with van der Waals surface area (Å²) < 4.78 is 0. The molecular formula is C8H19NS. The number of hydrogen-bond donors (Lipinski definition) is 0. The maximum absolute atomic E-state index is 2.39. The van der Waals surface area contributed by atoms with Crippen molar-refractivity contribution < 1.29 is 0 Å². The zero-order valence-corrected chi connectivity index (χ0v) is 8.37. The zero-order chi connectivity index (χ0) is 7.98. The molecule has 1 saturated heterocycles. The Morgan fingerprint density at radius 1 is 1.40 bits per heavy atom. The van der Waals surface area contributed by atoms with Crippen molar-refractivity contribution in [3.05, 3.63) is 0 Å². The van der Waals surface area contributed by atoms with Gasteiger partial charge in [-0.1, -0.05) is 13.8 Å². The van der Waals surface area contributed by atoms with Gasteiger partial charge in [-0.2, -0.15) is 11.8 Å². The van der Waals surface area contributed by atoms with Crippen molar-refractivity contribution >= 4 is 11.8 Å². The van der Waals surface area contributed by atoms with Gasteiger partial charge in [0.15, 0.2) is 0 Å². The highest BCUT2D eigenvalue weighted by Gasteiger charge is 2.17. The van der Waals surface area contributed by atoms with Crippen LogP contribution in [0, 0.1) is 0 Å². The van der Waals surface area contributed by atoms with E-state index in [1.54, 1.807) is 0 Å². The Hall–Kier alpha value is 0.310. The minimum atomic E-state index is 0.917. The van der Waals surface area contributed by atoms with Crippen molar-refractivity contribution in [2.45, 2.75) is 25.5 Å². The Morgan fingerprint density at radius 3 is 2.20 bits per heavy atom. The van der Waals surface area contributed by atoms with Crippen LogP contribution in [0.5, 0.6) is 0 Å². The third kappa shape index (κ3) is 3.47. The van der Waals surface area contributed by atoms with Gasteiger partial charge in [-0.05, 0) is 26.3 Å². The van der Waals surface area contributed by atoms with Crippen molar-refractivity contribution in [3.63, 3.8) is 0 Å². The molecule has 2 heteroatoms. The largest absolute Gasteiger partial charge is 0.305 e. The molecule has 1 aliphatic rings. The van der Waals surface area contributed by atoms with Gasteiger partial charge in [0.25, 0.3) is 0 Å². The molecule has 0 aromatic heterocycles. The number of nitrogens with zero attached hydrogens (tertiary/aromatic N) is 1. The van der Waals surface area contributed by atoms with Gasteiger partial charge in [-0.25, -0.2) is 0 Å². The van der Waals surface area contributed by atoms with Crippen LogP contribution in [0.2, 0.25) is 0 Å². The maximum atomic E-state index is 2.39. The first-order valence-electron chi connectivity index (χ1n) is 4.04. The van der Waals surface area contributed by atoms with Crippen molar-refractivity contribution in [1.29, 1.82) is 0 Å². The Morgan fingerprint density at radius 2 is 2.00 bits per heavy atom. The van der Waals surface area contributed by atoms with Gasteiger partial charge in [-0.15, -0.1) is 0 Å². The van der Waals surface area contributed by atoms with Crippen LogP contribution in [0.3, 0.4) is 0 Å². The van der Waals surface area contributed by atoms with E-state index < -0.39 is 0 Å². The maximum Gasteiger partial charge on any atom is 0.0184 e. The molecule has 0 aromatic carbocycles. The summed E-state index contributed by atoms with van der Waals surface area (Å²) in [5.74, 6) is 0. The fourth-order valence-electron chi connectivity index (χ4n) is 1.09. The molecule has 0 N–H and O–H groups in total. The summed E-state index contributed by atoms with van der Waals surface area (Å²) >= 11 is 1.99. The molecule has 0 radical (unpaired) electrons. The van der Waals surface area contributed by atoms with E-state index in [1.807, 2.05) is 25.6 Å². The second-order valence-corrected chi connectivity index (χ2v) is 3.55. The lowest BCUT2D eigenvalue weighted by atomic mass is 10.4. The summed E-state index contributed by atoms with van der Waals surface area (Å²) in [6, 6.07) is 0. The molecule has 0 aromatic rings. The standard InChI is InChI=1S/C6H13NS.C2H6/c1-7-4-3-6(5-7)8-2;1-2/h6H,3-5H2,1-2H3;1-2H3. The quantitative estimate of drug-likeness (QED) is 0.579. The monoisotopic (exact) mass is 161 g/mol. The van der Waals surface area contributed by atoms with E-state index in [4.69, 9.17) is 0 Å². The van der Waals surface area contributed by atoms with Crippen LogP contribution in [0.1, 0.15) is 20.3 Å². The highest BCUT2D eigenvalue weighted by Crippen LogP contribution is 2.17. The van der Waals surface area contributed by atoms with Crippen LogP contribution in [0.15, 0.2) is 0 Å². The summed E-state index contributed by atoms with van der Waals surface area (Å²) in [6.07, 6.45) is 3.58. The van der Waals surface area contributed by atoms with Gasteiger partial charge in [0.2, 0.25) is 0 Å². The van der Waals surface area contributed by atoms with Gasteiger partial charge in [0.05, 0.1) is 0 Å². The number of rotatable bonds is 1. The Balaban J connectivity index is 0.000000371. The van der Waals surface area contributed by atoms with Crippen molar-refractivity contribution in [2.75, 3.05) is 26.4 Å². The lowest BCUT2D eigenvalue weighted by Gasteiger charge is -2.05. The summed E-state index contributed by atoms with van der Waals surface area (Å²) in [5.41, 5.74) is 0. The molecule has 0 saturated carbocycles. The van der Waals surface area contributed by atoms with E-state index in [0.29, 0.717) is 0 Å². The van der Waals surface area contributed by atoms with Gasteiger partial charge < -0.3 is 4.90 Å². The molecule has 1 nitrogen and oxygen atoms in total. The molecule has 10 heavy (non-hydrogen) atoms. The number of hydrogen-bond acceptors (Lipinski definition) is 2. The molecule has 62 valence electrons. The van der Waals surface area contributed by atoms with Crippen LogP contribution in [0.25, 0.3) is 0 Å². The second kappa shape index (κ2) is 6.05. The third-order valence-corrected chi connectivity index (χ3v) is 2.73. The topological polar surface area (TPSA) is 3.24 Å². The predicted molar refractivity (Wildman–Crippen MR) is 50.8 cm³/mol. The van der Waals surface area contributed by atoms with Crippen molar-refractivity contribution in [2.24, 2.45) is 0 Å². The van der Waals surface area contributed by atoms with Gasteiger partial charge in [-0.3, -0.25) is 0 Å². The minimum absolute atomic E-state index is 0.917. The summed E-state index contributed by atoms with van der Waals surface area (Å²) in [4.78, 5) is 2.39. The molecule has 1 unspecified atom stereocenters. The molecule has 1 fully saturated rings. The first-order chi connectivity index (χ1) is 4.83.